The van der Waals surface area contributed by atoms with Gasteiger partial charge in [0.2, 0.25) is 12.1 Å². The smallest absolute Gasteiger partial charge is 0.262 e. The van der Waals surface area contributed by atoms with Crippen LogP contribution in [0.1, 0.15) is 27.7 Å². The zero-order valence-corrected chi connectivity index (χ0v) is 12.4. The lowest BCUT2D eigenvalue weighted by Gasteiger charge is -2.32. The molecule has 1 atom stereocenters. The van der Waals surface area contributed by atoms with Crippen molar-refractivity contribution in [1.29, 1.82) is 0 Å². The number of hydrogen-bond donors (Lipinski definition) is 2. The lowest BCUT2D eigenvalue weighted by Crippen LogP contribution is -3.18. The van der Waals surface area contributed by atoms with Gasteiger partial charge in [-0.1, -0.05) is 48.7 Å². The summed E-state index contributed by atoms with van der Waals surface area (Å²) in [6.07, 6.45) is -0.512. The molecule has 2 N–H and O–H groups in total. The van der Waals surface area contributed by atoms with Crippen LogP contribution in [0.2, 0.25) is 0 Å². The number of amides is 1. The van der Waals surface area contributed by atoms with E-state index in [1.165, 1.54) is 0 Å². The Morgan fingerprint density at radius 3 is 1.94 bits per heavy atom. The molecule has 0 bridgehead atoms. The molecule has 3 nitrogen and oxygen atoms in total. The van der Waals surface area contributed by atoms with E-state index in [0.717, 1.165) is 18.0 Å². The van der Waals surface area contributed by atoms with Crippen molar-refractivity contribution >= 4 is 40.7 Å². The van der Waals surface area contributed by atoms with Crippen LogP contribution >= 0.6 is 34.8 Å². The maximum absolute atomic E-state index is 11.6. The second-order valence-corrected chi connectivity index (χ2v) is 6.37. The molecular weight excluding hydrogens is 270 g/mol. The van der Waals surface area contributed by atoms with Gasteiger partial charge in [-0.15, -0.1) is 0 Å². The van der Waals surface area contributed by atoms with Crippen molar-refractivity contribution in [2.45, 2.75) is 37.7 Å². The van der Waals surface area contributed by atoms with Crippen molar-refractivity contribution in [2.24, 2.45) is 5.92 Å². The monoisotopic (exact) mass is 289 g/mol. The Hall–Kier alpha value is 0.300. The van der Waals surface area contributed by atoms with Crippen molar-refractivity contribution in [1.82, 2.24) is 5.32 Å². The molecule has 0 radical (unpaired) electrons. The summed E-state index contributed by atoms with van der Waals surface area (Å²) in [5.74, 6) is -0.222. The van der Waals surface area contributed by atoms with Crippen LogP contribution in [-0.2, 0) is 4.79 Å². The molecule has 0 unspecified atom stereocenters. The lowest BCUT2D eigenvalue weighted by atomic mass is 10.2. The van der Waals surface area contributed by atoms with Crippen LogP contribution in [0.15, 0.2) is 0 Å². The van der Waals surface area contributed by atoms with Crippen LogP contribution in [0.25, 0.3) is 0 Å². The molecule has 16 heavy (non-hydrogen) atoms. The summed E-state index contributed by atoms with van der Waals surface area (Å²) in [4.78, 5) is 12.7. The quantitative estimate of drug-likeness (QED) is 0.582. The topological polar surface area (TPSA) is 33.5 Å². The van der Waals surface area contributed by atoms with Gasteiger partial charge in [0.1, 0.15) is 0 Å². The van der Waals surface area contributed by atoms with Gasteiger partial charge in [-0.3, -0.25) is 4.79 Å². The number of quaternary nitrogens is 1. The molecule has 0 heterocycles. The maximum Gasteiger partial charge on any atom is 0.262 e. The zero-order valence-electron chi connectivity index (χ0n) is 10.1. The van der Waals surface area contributed by atoms with E-state index in [9.17, 15) is 4.79 Å². The van der Waals surface area contributed by atoms with E-state index in [1.807, 2.05) is 27.7 Å². The van der Waals surface area contributed by atoms with Gasteiger partial charge in [0.25, 0.3) is 3.79 Å². The van der Waals surface area contributed by atoms with Gasteiger partial charge in [0.15, 0.2) is 0 Å². The van der Waals surface area contributed by atoms with E-state index in [0.29, 0.717) is 0 Å². The molecule has 0 fully saturated rings. The summed E-state index contributed by atoms with van der Waals surface area (Å²) in [6.45, 7) is 9.17. The van der Waals surface area contributed by atoms with Crippen molar-refractivity contribution in [3.05, 3.63) is 0 Å². The third-order valence-electron chi connectivity index (χ3n) is 2.45. The molecule has 0 rings (SSSR count). The molecule has 0 spiro atoms. The first kappa shape index (κ1) is 16.3. The van der Waals surface area contributed by atoms with Gasteiger partial charge in [0.05, 0.1) is 13.1 Å². The first-order valence-corrected chi connectivity index (χ1v) is 6.59. The summed E-state index contributed by atoms with van der Waals surface area (Å²) in [5.41, 5.74) is 0. The molecule has 0 aliphatic rings. The number of carbonyl (C=O) groups excluding carboxylic acids is 1. The van der Waals surface area contributed by atoms with E-state index in [4.69, 9.17) is 34.8 Å². The molecule has 0 aliphatic heterocycles. The average molecular weight is 291 g/mol. The van der Waals surface area contributed by atoms with Crippen LogP contribution < -0.4 is 10.2 Å². The number of nitrogens with one attached hydrogen (secondary N) is 2. The highest BCUT2D eigenvalue weighted by Crippen LogP contribution is 2.27. The molecule has 0 saturated heterocycles. The molecule has 0 aromatic carbocycles. The van der Waals surface area contributed by atoms with Gasteiger partial charge in [0, 0.05) is 5.92 Å². The van der Waals surface area contributed by atoms with Crippen LogP contribution in [-0.4, -0.2) is 29.0 Å². The normalized spacial score (nSPS) is 14.3. The Morgan fingerprint density at radius 2 is 1.69 bits per heavy atom. The molecule has 0 aromatic heterocycles. The van der Waals surface area contributed by atoms with Crippen molar-refractivity contribution < 1.29 is 9.69 Å². The Morgan fingerprint density at radius 1 is 1.25 bits per heavy atom. The largest absolute Gasteiger partial charge is 0.312 e. The number of halogens is 3. The Kier molecular flexibility index (Phi) is 7.03. The minimum atomic E-state index is -1.49. The molecule has 0 aliphatic carbocycles. The van der Waals surface area contributed by atoms with Crippen LogP contribution in [0.4, 0.5) is 0 Å². The SMILES string of the molecule is CC[NH+](CC)[C@H](NC(=O)C(C)C)C(Cl)(Cl)Cl. The highest BCUT2D eigenvalue weighted by atomic mass is 35.6. The molecular formula is C10H20Cl3N2O+. The summed E-state index contributed by atoms with van der Waals surface area (Å²) in [6, 6.07) is 0. The maximum atomic E-state index is 11.6. The summed E-state index contributed by atoms with van der Waals surface area (Å²) >= 11 is 17.7. The Balaban J connectivity index is 4.75. The van der Waals surface area contributed by atoms with Gasteiger partial charge < -0.3 is 10.2 Å². The predicted octanol–water partition coefficient (Wildman–Crippen LogP) is 1.38. The van der Waals surface area contributed by atoms with E-state index in [-0.39, 0.29) is 11.8 Å². The van der Waals surface area contributed by atoms with Gasteiger partial charge >= 0.3 is 0 Å². The first-order valence-electron chi connectivity index (χ1n) is 5.45. The Labute approximate surface area is 112 Å². The van der Waals surface area contributed by atoms with Crippen molar-refractivity contribution in [3.8, 4) is 0 Å². The third kappa shape index (κ3) is 5.09. The molecule has 6 heteroatoms. The molecule has 0 aromatic rings. The highest BCUT2D eigenvalue weighted by Gasteiger charge is 2.41. The van der Waals surface area contributed by atoms with Crippen LogP contribution in [0.5, 0.6) is 0 Å². The standard InChI is InChI=1S/C10H19Cl3N2O/c1-5-15(6-2)9(10(11,12)13)14-8(16)7(3)4/h7,9H,5-6H2,1-4H3,(H,14,16)/p+1/t9-/m0/s1. The summed E-state index contributed by atoms with van der Waals surface area (Å²) < 4.78 is -1.49. The van der Waals surface area contributed by atoms with Gasteiger partial charge in [-0.25, -0.2) is 0 Å². The number of carbonyl (C=O) groups is 1. The summed E-state index contributed by atoms with van der Waals surface area (Å²) in [5, 5.41) is 2.79. The molecule has 1 amide bonds. The average Bonchev–Trinajstić information content (AvgIpc) is 2.16. The Bertz CT molecular complexity index is 225. The predicted molar refractivity (Wildman–Crippen MR) is 69.1 cm³/mol. The second kappa shape index (κ2) is 6.90. The van der Waals surface area contributed by atoms with Gasteiger partial charge in [-0.05, 0) is 13.8 Å². The number of hydrogen-bond acceptors (Lipinski definition) is 1. The van der Waals surface area contributed by atoms with Crippen LogP contribution in [0, 0.1) is 5.92 Å². The summed E-state index contributed by atoms with van der Waals surface area (Å²) in [7, 11) is 0. The fourth-order valence-electron chi connectivity index (χ4n) is 1.38. The molecule has 0 saturated carbocycles. The van der Waals surface area contributed by atoms with E-state index >= 15 is 0 Å². The fraction of sp³-hybridized carbons (Fsp3) is 0.900. The minimum Gasteiger partial charge on any atom is -0.312 e. The molecule has 96 valence electrons. The van der Waals surface area contributed by atoms with Gasteiger partial charge in [-0.2, -0.15) is 0 Å². The fourth-order valence-corrected chi connectivity index (χ4v) is 2.01. The van der Waals surface area contributed by atoms with E-state index in [2.05, 4.69) is 5.32 Å². The minimum absolute atomic E-state index is 0.101. The number of rotatable bonds is 5. The van der Waals surface area contributed by atoms with Crippen molar-refractivity contribution in [3.63, 3.8) is 0 Å². The lowest BCUT2D eigenvalue weighted by molar-refractivity contribution is -0.923. The zero-order chi connectivity index (χ0) is 12.9. The second-order valence-electron chi connectivity index (χ2n) is 4.00. The number of alkyl halides is 3. The third-order valence-corrected chi connectivity index (χ3v) is 3.11. The van der Waals surface area contributed by atoms with Crippen LogP contribution in [0.3, 0.4) is 0 Å². The van der Waals surface area contributed by atoms with E-state index < -0.39 is 9.96 Å². The van der Waals surface area contributed by atoms with E-state index in [1.54, 1.807) is 0 Å². The first-order chi connectivity index (χ1) is 7.23. The highest BCUT2D eigenvalue weighted by molar-refractivity contribution is 6.68. The van der Waals surface area contributed by atoms with Crippen molar-refractivity contribution in [2.75, 3.05) is 13.1 Å².